The summed E-state index contributed by atoms with van der Waals surface area (Å²) in [6, 6.07) is 17.5. The monoisotopic (exact) mass is 558 g/mol. The van der Waals surface area contributed by atoms with E-state index in [1.165, 1.54) is 48.5 Å². The van der Waals surface area contributed by atoms with Gasteiger partial charge in [0, 0.05) is 49.0 Å². The van der Waals surface area contributed by atoms with Crippen LogP contribution in [0.1, 0.15) is 15.9 Å². The molecule has 1 aliphatic rings. The van der Waals surface area contributed by atoms with Crippen molar-refractivity contribution >= 4 is 39.1 Å². The first-order chi connectivity index (χ1) is 18.1. The fourth-order valence-corrected chi connectivity index (χ4v) is 5.53. The molecule has 200 valence electrons. The number of hydrogen-bond acceptors (Lipinski definition) is 5. The van der Waals surface area contributed by atoms with Crippen molar-refractivity contribution < 1.29 is 22.4 Å². The van der Waals surface area contributed by atoms with E-state index < -0.39 is 28.3 Å². The normalized spacial score (nSPS) is 14.5. The van der Waals surface area contributed by atoms with E-state index in [2.05, 4.69) is 10.2 Å². The Bertz CT molecular complexity index is 1380. The van der Waals surface area contributed by atoms with E-state index in [4.69, 9.17) is 11.6 Å². The first kappa shape index (κ1) is 27.7. The van der Waals surface area contributed by atoms with Gasteiger partial charge in [-0.3, -0.25) is 9.59 Å². The first-order valence-electron chi connectivity index (χ1n) is 12.0. The van der Waals surface area contributed by atoms with Crippen LogP contribution in [0.2, 0.25) is 5.02 Å². The SMILES string of the molecule is CN1CCN(C(=O)c2ccc(NC(=O)CN(Cc3ccc(F)cc3)S(=O)(=O)c3ccc(Cl)cc3)cc2)CC1. The average molecular weight is 559 g/mol. The van der Waals surface area contributed by atoms with Gasteiger partial charge in [-0.2, -0.15) is 4.31 Å². The van der Waals surface area contributed by atoms with Gasteiger partial charge in [0.1, 0.15) is 5.82 Å². The lowest BCUT2D eigenvalue weighted by molar-refractivity contribution is -0.116. The largest absolute Gasteiger partial charge is 0.336 e. The lowest BCUT2D eigenvalue weighted by Crippen LogP contribution is -2.47. The molecule has 0 saturated carbocycles. The molecule has 0 aliphatic carbocycles. The van der Waals surface area contributed by atoms with Crippen LogP contribution >= 0.6 is 11.6 Å². The first-order valence-corrected chi connectivity index (χ1v) is 13.8. The minimum absolute atomic E-state index is 0.0245. The molecule has 0 aromatic heterocycles. The van der Waals surface area contributed by atoms with Crippen LogP contribution in [0.25, 0.3) is 0 Å². The molecule has 0 bridgehead atoms. The van der Waals surface area contributed by atoms with Gasteiger partial charge < -0.3 is 15.1 Å². The number of carbonyl (C=O) groups is 2. The maximum Gasteiger partial charge on any atom is 0.253 e. The molecule has 1 heterocycles. The van der Waals surface area contributed by atoms with Crippen molar-refractivity contribution in [1.29, 1.82) is 0 Å². The van der Waals surface area contributed by atoms with Crippen LogP contribution in [0.4, 0.5) is 10.1 Å². The van der Waals surface area contributed by atoms with Gasteiger partial charge in [0.25, 0.3) is 5.91 Å². The summed E-state index contributed by atoms with van der Waals surface area (Å²) >= 11 is 5.91. The number of piperazine rings is 1. The highest BCUT2D eigenvalue weighted by atomic mass is 35.5. The second-order valence-corrected chi connectivity index (χ2v) is 11.4. The molecule has 0 radical (unpaired) electrons. The van der Waals surface area contributed by atoms with Crippen molar-refractivity contribution in [3.63, 3.8) is 0 Å². The van der Waals surface area contributed by atoms with Crippen molar-refractivity contribution in [3.05, 3.63) is 94.8 Å². The standard InChI is InChI=1S/C27H28ClFN4O4S/c1-31-14-16-32(17-15-31)27(35)21-4-10-24(11-5-21)30-26(34)19-33(18-20-2-8-23(29)9-3-20)38(36,37)25-12-6-22(28)7-13-25/h2-13H,14-19H2,1H3,(H,30,34). The predicted molar refractivity (Wildman–Crippen MR) is 144 cm³/mol. The Morgan fingerprint density at radius 3 is 2.13 bits per heavy atom. The van der Waals surface area contributed by atoms with E-state index in [-0.39, 0.29) is 17.3 Å². The molecule has 1 saturated heterocycles. The van der Waals surface area contributed by atoms with Gasteiger partial charge in [-0.25, -0.2) is 12.8 Å². The number of carbonyl (C=O) groups excluding carboxylic acids is 2. The number of rotatable bonds is 8. The summed E-state index contributed by atoms with van der Waals surface area (Å²) in [5.74, 6) is -1.09. The second-order valence-electron chi connectivity index (χ2n) is 9.07. The Hall–Kier alpha value is -3.31. The quantitative estimate of drug-likeness (QED) is 0.455. The zero-order valence-electron chi connectivity index (χ0n) is 20.8. The molecule has 3 aromatic rings. The number of hydrogen-bond donors (Lipinski definition) is 1. The number of likely N-dealkylation sites (N-methyl/N-ethyl adjacent to an activating group) is 1. The van der Waals surface area contributed by atoms with Crippen molar-refractivity contribution in [2.75, 3.05) is 45.1 Å². The zero-order valence-corrected chi connectivity index (χ0v) is 22.4. The third-order valence-electron chi connectivity index (χ3n) is 6.25. The molecule has 3 aromatic carbocycles. The van der Waals surface area contributed by atoms with Crippen LogP contribution in [0.15, 0.2) is 77.7 Å². The number of amides is 2. The summed E-state index contributed by atoms with van der Waals surface area (Å²) in [5, 5.41) is 3.07. The van der Waals surface area contributed by atoms with Gasteiger partial charge in [-0.1, -0.05) is 23.7 Å². The molecule has 0 atom stereocenters. The molecule has 1 N–H and O–H groups in total. The second kappa shape index (κ2) is 12.0. The van der Waals surface area contributed by atoms with Crippen molar-refractivity contribution in [3.8, 4) is 0 Å². The number of halogens is 2. The Morgan fingerprint density at radius 1 is 0.921 bits per heavy atom. The van der Waals surface area contributed by atoms with Crippen molar-refractivity contribution in [2.24, 2.45) is 0 Å². The lowest BCUT2D eigenvalue weighted by Gasteiger charge is -2.32. The van der Waals surface area contributed by atoms with Crippen LogP contribution in [-0.4, -0.2) is 74.1 Å². The molecule has 2 amide bonds. The van der Waals surface area contributed by atoms with E-state index >= 15 is 0 Å². The molecule has 1 aliphatic heterocycles. The predicted octanol–water partition coefficient (Wildman–Crippen LogP) is 3.70. The fraction of sp³-hybridized carbons (Fsp3) is 0.259. The van der Waals surface area contributed by atoms with E-state index in [1.54, 1.807) is 29.2 Å². The molecule has 1 fully saturated rings. The maximum atomic E-state index is 13.4. The van der Waals surface area contributed by atoms with Crippen molar-refractivity contribution in [2.45, 2.75) is 11.4 Å². The summed E-state index contributed by atoms with van der Waals surface area (Å²) in [5.41, 5.74) is 1.45. The molecule has 38 heavy (non-hydrogen) atoms. The fourth-order valence-electron chi connectivity index (χ4n) is 4.02. The highest BCUT2D eigenvalue weighted by Gasteiger charge is 2.27. The van der Waals surface area contributed by atoms with Crippen LogP contribution in [-0.2, 0) is 21.4 Å². The lowest BCUT2D eigenvalue weighted by atomic mass is 10.1. The van der Waals surface area contributed by atoms with Gasteiger partial charge >= 0.3 is 0 Å². The zero-order chi connectivity index (χ0) is 27.3. The molecule has 8 nitrogen and oxygen atoms in total. The number of nitrogens with one attached hydrogen (secondary N) is 1. The Labute approximate surface area is 226 Å². The van der Waals surface area contributed by atoms with Gasteiger partial charge in [-0.05, 0) is 73.3 Å². The highest BCUT2D eigenvalue weighted by Crippen LogP contribution is 2.21. The van der Waals surface area contributed by atoms with Crippen LogP contribution in [0.5, 0.6) is 0 Å². The minimum Gasteiger partial charge on any atom is -0.336 e. The number of sulfonamides is 1. The van der Waals surface area contributed by atoms with Gasteiger partial charge in [0.05, 0.1) is 11.4 Å². The molecular formula is C27H28ClFN4O4S. The van der Waals surface area contributed by atoms with Crippen LogP contribution in [0.3, 0.4) is 0 Å². The van der Waals surface area contributed by atoms with Crippen LogP contribution in [0, 0.1) is 5.82 Å². The van der Waals surface area contributed by atoms with Crippen LogP contribution < -0.4 is 5.32 Å². The Balaban J connectivity index is 1.47. The van der Waals surface area contributed by atoms with E-state index in [0.717, 1.165) is 17.4 Å². The number of anilines is 1. The minimum atomic E-state index is -4.08. The third kappa shape index (κ3) is 6.96. The summed E-state index contributed by atoms with van der Waals surface area (Å²) in [6.07, 6.45) is 0. The van der Waals surface area contributed by atoms with Crippen molar-refractivity contribution in [1.82, 2.24) is 14.1 Å². The number of nitrogens with zero attached hydrogens (tertiary/aromatic N) is 3. The molecule has 4 rings (SSSR count). The third-order valence-corrected chi connectivity index (χ3v) is 8.31. The summed E-state index contributed by atoms with van der Waals surface area (Å²) in [6.45, 7) is 2.31. The summed E-state index contributed by atoms with van der Waals surface area (Å²) in [7, 11) is -2.07. The van der Waals surface area contributed by atoms with Gasteiger partial charge in [0.15, 0.2) is 0 Å². The molecule has 0 unspecified atom stereocenters. The van der Waals surface area contributed by atoms with E-state index in [9.17, 15) is 22.4 Å². The summed E-state index contributed by atoms with van der Waals surface area (Å²) in [4.78, 5) is 29.6. The van der Waals surface area contributed by atoms with E-state index in [1.807, 2.05) is 7.05 Å². The smallest absolute Gasteiger partial charge is 0.253 e. The maximum absolute atomic E-state index is 13.4. The molecule has 11 heteroatoms. The highest BCUT2D eigenvalue weighted by molar-refractivity contribution is 7.89. The van der Waals surface area contributed by atoms with Gasteiger partial charge in [-0.15, -0.1) is 0 Å². The molecule has 0 spiro atoms. The number of benzene rings is 3. The van der Waals surface area contributed by atoms with Gasteiger partial charge in [0.2, 0.25) is 15.9 Å². The average Bonchev–Trinajstić information content (AvgIpc) is 2.90. The van der Waals surface area contributed by atoms with E-state index in [0.29, 0.717) is 34.9 Å². The Morgan fingerprint density at radius 2 is 1.53 bits per heavy atom. The topological polar surface area (TPSA) is 90.0 Å². The summed E-state index contributed by atoms with van der Waals surface area (Å²) < 4.78 is 41.2. The molecular weight excluding hydrogens is 531 g/mol. The Kier molecular flexibility index (Phi) is 8.78.